The van der Waals surface area contributed by atoms with E-state index in [1.807, 2.05) is 23.1 Å². The van der Waals surface area contributed by atoms with Gasteiger partial charge in [-0.05, 0) is 24.1 Å². The SMILES string of the molecule is COc1cc(N2CCN(CC(=O)N3CCc4ccccc43)CC2)ccc1[N+](=O)[O-]. The van der Waals surface area contributed by atoms with E-state index < -0.39 is 4.92 Å². The smallest absolute Gasteiger partial charge is 0.311 e. The summed E-state index contributed by atoms with van der Waals surface area (Å²) in [7, 11) is 1.44. The van der Waals surface area contributed by atoms with E-state index in [4.69, 9.17) is 4.74 Å². The number of benzene rings is 2. The summed E-state index contributed by atoms with van der Waals surface area (Å²) in [6, 6.07) is 13.0. The maximum Gasteiger partial charge on any atom is 0.311 e. The minimum Gasteiger partial charge on any atom is -0.490 e. The van der Waals surface area contributed by atoms with Crippen LogP contribution in [0.3, 0.4) is 0 Å². The molecular formula is C21H24N4O4. The molecule has 0 saturated carbocycles. The number of hydrogen-bond donors (Lipinski definition) is 0. The Morgan fingerprint density at radius 3 is 2.59 bits per heavy atom. The standard InChI is InChI=1S/C21H24N4O4/c1-29-20-14-17(6-7-19(20)25(27)28)23-12-10-22(11-13-23)15-21(26)24-9-8-16-4-2-3-5-18(16)24/h2-7,14H,8-13,15H2,1H3. The lowest BCUT2D eigenvalue weighted by atomic mass is 10.2. The monoisotopic (exact) mass is 396 g/mol. The van der Waals surface area contributed by atoms with Crippen LogP contribution < -0.4 is 14.5 Å². The summed E-state index contributed by atoms with van der Waals surface area (Å²) in [4.78, 5) is 29.7. The van der Waals surface area contributed by atoms with Crippen LogP contribution in [0.1, 0.15) is 5.56 Å². The minimum absolute atomic E-state index is 0.0358. The second-order valence-electron chi connectivity index (χ2n) is 7.30. The van der Waals surface area contributed by atoms with E-state index in [-0.39, 0.29) is 17.3 Å². The minimum atomic E-state index is -0.442. The van der Waals surface area contributed by atoms with Crippen LogP contribution >= 0.6 is 0 Å². The number of amides is 1. The third kappa shape index (κ3) is 3.88. The molecular weight excluding hydrogens is 372 g/mol. The lowest BCUT2D eigenvalue weighted by molar-refractivity contribution is -0.385. The summed E-state index contributed by atoms with van der Waals surface area (Å²) in [6.07, 6.45) is 0.914. The van der Waals surface area contributed by atoms with E-state index in [1.165, 1.54) is 18.7 Å². The van der Waals surface area contributed by atoms with Gasteiger partial charge in [0, 0.05) is 56.2 Å². The van der Waals surface area contributed by atoms with Crippen LogP contribution in [0.5, 0.6) is 5.75 Å². The number of methoxy groups -OCH3 is 1. The fourth-order valence-electron chi connectivity index (χ4n) is 4.05. The molecule has 0 radical (unpaired) electrons. The van der Waals surface area contributed by atoms with Crippen LogP contribution in [-0.4, -0.2) is 62.1 Å². The molecule has 0 unspecified atom stereocenters. The molecule has 0 aliphatic carbocycles. The van der Waals surface area contributed by atoms with E-state index in [2.05, 4.69) is 15.9 Å². The first-order valence-electron chi connectivity index (χ1n) is 9.75. The maximum absolute atomic E-state index is 12.8. The second-order valence-corrected chi connectivity index (χ2v) is 7.30. The molecule has 0 bridgehead atoms. The lowest BCUT2D eigenvalue weighted by Gasteiger charge is -2.36. The van der Waals surface area contributed by atoms with Crippen LogP contribution in [0.2, 0.25) is 0 Å². The Kier molecular flexibility index (Phi) is 5.35. The Bertz CT molecular complexity index is 925. The number of nitrogens with zero attached hydrogens (tertiary/aromatic N) is 4. The molecule has 2 heterocycles. The molecule has 1 amide bonds. The first-order valence-corrected chi connectivity index (χ1v) is 9.75. The van der Waals surface area contributed by atoms with E-state index >= 15 is 0 Å². The highest BCUT2D eigenvalue weighted by atomic mass is 16.6. The first kappa shape index (κ1) is 19.2. The van der Waals surface area contributed by atoms with Crippen molar-refractivity contribution in [1.29, 1.82) is 0 Å². The number of piperazine rings is 1. The Morgan fingerprint density at radius 1 is 1.10 bits per heavy atom. The normalized spacial score (nSPS) is 16.6. The molecule has 2 aromatic rings. The molecule has 2 aliphatic rings. The molecule has 0 aromatic heterocycles. The third-order valence-electron chi connectivity index (χ3n) is 5.64. The molecule has 2 aromatic carbocycles. The fraction of sp³-hybridized carbons (Fsp3) is 0.381. The zero-order valence-corrected chi connectivity index (χ0v) is 16.4. The van der Waals surface area contributed by atoms with Gasteiger partial charge in [-0.1, -0.05) is 18.2 Å². The van der Waals surface area contributed by atoms with E-state index in [0.717, 1.165) is 50.5 Å². The van der Waals surface area contributed by atoms with Gasteiger partial charge in [0.05, 0.1) is 18.6 Å². The molecule has 8 heteroatoms. The zero-order valence-electron chi connectivity index (χ0n) is 16.4. The van der Waals surface area contributed by atoms with Gasteiger partial charge in [0.15, 0.2) is 5.75 Å². The molecule has 1 fully saturated rings. The topological polar surface area (TPSA) is 79.2 Å². The van der Waals surface area contributed by atoms with Gasteiger partial charge >= 0.3 is 5.69 Å². The largest absolute Gasteiger partial charge is 0.490 e. The number of anilines is 2. The maximum atomic E-state index is 12.8. The van der Waals surface area contributed by atoms with E-state index in [1.54, 1.807) is 12.1 Å². The number of carbonyl (C=O) groups excluding carboxylic acids is 1. The summed E-state index contributed by atoms with van der Waals surface area (Å²) in [6.45, 7) is 4.20. The van der Waals surface area contributed by atoms with Crippen molar-refractivity contribution < 1.29 is 14.5 Å². The van der Waals surface area contributed by atoms with Gasteiger partial charge in [-0.25, -0.2) is 0 Å². The fourth-order valence-corrected chi connectivity index (χ4v) is 4.05. The molecule has 0 spiro atoms. The summed E-state index contributed by atoms with van der Waals surface area (Å²) in [5, 5.41) is 11.1. The van der Waals surface area contributed by atoms with Gasteiger partial charge in [0.25, 0.3) is 0 Å². The number of hydrogen-bond acceptors (Lipinski definition) is 6. The summed E-state index contributed by atoms with van der Waals surface area (Å²) in [5.74, 6) is 0.401. The van der Waals surface area contributed by atoms with Gasteiger partial charge in [-0.15, -0.1) is 0 Å². The highest BCUT2D eigenvalue weighted by molar-refractivity contribution is 5.96. The number of carbonyl (C=O) groups is 1. The number of nitro groups is 1. The van der Waals surface area contributed by atoms with Crippen molar-refractivity contribution in [1.82, 2.24) is 4.90 Å². The van der Waals surface area contributed by atoms with Gasteiger partial charge in [-0.3, -0.25) is 19.8 Å². The zero-order chi connectivity index (χ0) is 20.4. The Hall–Kier alpha value is -3.13. The molecule has 0 N–H and O–H groups in total. The van der Waals surface area contributed by atoms with Crippen molar-refractivity contribution in [2.24, 2.45) is 0 Å². The number of para-hydroxylation sites is 1. The van der Waals surface area contributed by atoms with Crippen LogP contribution in [0.15, 0.2) is 42.5 Å². The van der Waals surface area contributed by atoms with Crippen molar-refractivity contribution in [2.75, 3.05) is 56.2 Å². The lowest BCUT2D eigenvalue weighted by Crippen LogP contribution is -2.50. The third-order valence-corrected chi connectivity index (χ3v) is 5.64. The van der Waals surface area contributed by atoms with Gasteiger partial charge in [-0.2, -0.15) is 0 Å². The van der Waals surface area contributed by atoms with Crippen LogP contribution in [0.4, 0.5) is 17.1 Å². The summed E-state index contributed by atoms with van der Waals surface area (Å²) in [5.41, 5.74) is 3.13. The number of nitro benzene ring substituents is 1. The van der Waals surface area contributed by atoms with Gasteiger partial charge in [0.2, 0.25) is 5.91 Å². The molecule has 4 rings (SSSR count). The molecule has 2 aliphatic heterocycles. The Morgan fingerprint density at radius 2 is 1.86 bits per heavy atom. The van der Waals surface area contributed by atoms with E-state index in [9.17, 15) is 14.9 Å². The predicted octanol–water partition coefficient (Wildman–Crippen LogP) is 2.31. The van der Waals surface area contributed by atoms with Crippen LogP contribution in [-0.2, 0) is 11.2 Å². The summed E-state index contributed by atoms with van der Waals surface area (Å²) < 4.78 is 5.17. The summed E-state index contributed by atoms with van der Waals surface area (Å²) >= 11 is 0. The van der Waals surface area contributed by atoms with Crippen molar-refractivity contribution in [2.45, 2.75) is 6.42 Å². The van der Waals surface area contributed by atoms with Crippen molar-refractivity contribution >= 4 is 23.0 Å². The predicted molar refractivity (Wildman–Crippen MR) is 111 cm³/mol. The molecule has 8 nitrogen and oxygen atoms in total. The quantitative estimate of drug-likeness (QED) is 0.570. The highest BCUT2D eigenvalue weighted by Gasteiger charge is 2.27. The molecule has 1 saturated heterocycles. The van der Waals surface area contributed by atoms with Crippen molar-refractivity contribution in [3.05, 3.63) is 58.1 Å². The Labute approximate surface area is 169 Å². The van der Waals surface area contributed by atoms with Crippen LogP contribution in [0, 0.1) is 10.1 Å². The number of fused-ring (bicyclic) bond motifs is 1. The molecule has 152 valence electrons. The number of ether oxygens (including phenoxy) is 1. The average molecular weight is 396 g/mol. The first-order chi connectivity index (χ1) is 14.1. The van der Waals surface area contributed by atoms with Gasteiger partial charge in [0.1, 0.15) is 0 Å². The van der Waals surface area contributed by atoms with Crippen molar-refractivity contribution in [3.63, 3.8) is 0 Å². The van der Waals surface area contributed by atoms with Crippen molar-refractivity contribution in [3.8, 4) is 5.75 Å². The van der Waals surface area contributed by atoms with Gasteiger partial charge < -0.3 is 14.5 Å². The molecule has 0 atom stereocenters. The highest BCUT2D eigenvalue weighted by Crippen LogP contribution is 2.32. The van der Waals surface area contributed by atoms with E-state index in [0.29, 0.717) is 6.54 Å². The van der Waals surface area contributed by atoms with Crippen LogP contribution in [0.25, 0.3) is 0 Å². The molecule has 29 heavy (non-hydrogen) atoms. The average Bonchev–Trinajstić information content (AvgIpc) is 3.18. The Balaban J connectivity index is 1.35. The second kappa shape index (κ2) is 8.08. The number of rotatable bonds is 5.